The lowest BCUT2D eigenvalue weighted by Gasteiger charge is -2.17. The molecule has 146 valence electrons. The van der Waals surface area contributed by atoms with E-state index in [-0.39, 0.29) is 17.7 Å². The Balaban J connectivity index is 2.52. The zero-order chi connectivity index (χ0) is 19.5. The van der Waals surface area contributed by atoms with Crippen molar-refractivity contribution in [1.29, 1.82) is 0 Å². The molecule has 1 aromatic rings. The van der Waals surface area contributed by atoms with Crippen LogP contribution in [-0.2, 0) is 9.53 Å². The van der Waals surface area contributed by atoms with Crippen molar-refractivity contribution in [2.75, 3.05) is 6.61 Å². The monoisotopic (exact) mass is 360 g/mol. The first kappa shape index (κ1) is 22.6. The fraction of sp³-hybridized carbons (Fsp3) is 0.652. The Morgan fingerprint density at radius 3 is 2.42 bits per heavy atom. The number of benzene rings is 1. The molecule has 3 heteroatoms. The maximum atomic E-state index is 12.7. The summed E-state index contributed by atoms with van der Waals surface area (Å²) in [6.07, 6.45) is 5.60. The number of Topliss-reactive ketones (excluding diaryl/α,β-unsaturated/α-hetero) is 2. The number of ketones is 2. The second kappa shape index (κ2) is 12.0. The molecule has 0 heterocycles. The van der Waals surface area contributed by atoms with Crippen LogP contribution in [0.3, 0.4) is 0 Å². The summed E-state index contributed by atoms with van der Waals surface area (Å²) in [5, 5.41) is 0. The van der Waals surface area contributed by atoms with Crippen molar-refractivity contribution in [2.24, 2.45) is 5.92 Å². The zero-order valence-electron chi connectivity index (χ0n) is 17.3. The van der Waals surface area contributed by atoms with Crippen LogP contribution in [0.25, 0.3) is 0 Å². The van der Waals surface area contributed by atoms with Gasteiger partial charge in [0.15, 0.2) is 11.6 Å². The summed E-state index contributed by atoms with van der Waals surface area (Å²) >= 11 is 0. The van der Waals surface area contributed by atoms with Gasteiger partial charge in [0.2, 0.25) is 0 Å². The van der Waals surface area contributed by atoms with Gasteiger partial charge in [-0.2, -0.15) is 0 Å². The molecule has 0 aliphatic heterocycles. The molecule has 0 fully saturated rings. The van der Waals surface area contributed by atoms with E-state index in [4.69, 9.17) is 4.74 Å². The predicted molar refractivity (Wildman–Crippen MR) is 108 cm³/mol. The first-order chi connectivity index (χ1) is 12.4. The highest BCUT2D eigenvalue weighted by Gasteiger charge is 2.18. The molecule has 0 spiro atoms. The van der Waals surface area contributed by atoms with Crippen molar-refractivity contribution in [3.05, 3.63) is 34.9 Å². The number of carbonyl (C=O) groups excluding carboxylic acids is 2. The van der Waals surface area contributed by atoms with Gasteiger partial charge in [0.05, 0.1) is 0 Å². The predicted octanol–water partition coefficient (Wildman–Crippen LogP) is 5.85. The number of carbonyl (C=O) groups is 2. The Kier molecular flexibility index (Phi) is 10.4. The molecule has 0 saturated heterocycles. The van der Waals surface area contributed by atoms with Gasteiger partial charge in [-0.25, -0.2) is 0 Å². The van der Waals surface area contributed by atoms with Gasteiger partial charge in [-0.05, 0) is 51.5 Å². The minimum Gasteiger partial charge on any atom is -0.371 e. The van der Waals surface area contributed by atoms with Gasteiger partial charge in [-0.15, -0.1) is 0 Å². The van der Waals surface area contributed by atoms with E-state index < -0.39 is 0 Å². The molecule has 0 aliphatic carbocycles. The lowest BCUT2D eigenvalue weighted by molar-refractivity contribution is -0.129. The zero-order valence-corrected chi connectivity index (χ0v) is 17.3. The van der Waals surface area contributed by atoms with E-state index >= 15 is 0 Å². The van der Waals surface area contributed by atoms with Crippen LogP contribution >= 0.6 is 0 Å². The van der Waals surface area contributed by atoms with Crippen LogP contribution < -0.4 is 0 Å². The third-order valence-electron chi connectivity index (χ3n) is 4.91. The molecule has 0 amide bonds. The van der Waals surface area contributed by atoms with Crippen molar-refractivity contribution in [3.63, 3.8) is 0 Å². The molecule has 0 radical (unpaired) electrons. The van der Waals surface area contributed by atoms with Crippen LogP contribution in [0.5, 0.6) is 0 Å². The largest absolute Gasteiger partial charge is 0.371 e. The molecule has 26 heavy (non-hydrogen) atoms. The Hall–Kier alpha value is -1.48. The van der Waals surface area contributed by atoms with Gasteiger partial charge in [0, 0.05) is 25.0 Å². The van der Waals surface area contributed by atoms with Crippen molar-refractivity contribution in [3.8, 4) is 0 Å². The smallest absolute Gasteiger partial charge is 0.163 e. The number of hydrogen-bond acceptors (Lipinski definition) is 3. The summed E-state index contributed by atoms with van der Waals surface area (Å²) in [5.74, 6) is 0.759. The average molecular weight is 361 g/mol. The van der Waals surface area contributed by atoms with E-state index in [2.05, 4.69) is 13.0 Å². The normalized spacial score (nSPS) is 13.4. The van der Waals surface area contributed by atoms with Gasteiger partial charge in [-0.1, -0.05) is 50.5 Å². The first-order valence-electron chi connectivity index (χ1n) is 10.1. The van der Waals surface area contributed by atoms with Crippen LogP contribution in [0.1, 0.15) is 87.2 Å². The van der Waals surface area contributed by atoms with E-state index in [9.17, 15) is 9.59 Å². The molecule has 1 aromatic carbocycles. The second-order valence-electron chi connectivity index (χ2n) is 7.47. The van der Waals surface area contributed by atoms with E-state index in [0.717, 1.165) is 43.2 Å². The molecule has 0 saturated carbocycles. The fourth-order valence-electron chi connectivity index (χ4n) is 3.41. The van der Waals surface area contributed by atoms with E-state index in [1.165, 1.54) is 5.56 Å². The Morgan fingerprint density at radius 2 is 1.81 bits per heavy atom. The molecule has 0 bridgehead atoms. The summed E-state index contributed by atoms with van der Waals surface area (Å²) in [7, 11) is 0. The highest BCUT2D eigenvalue weighted by Crippen LogP contribution is 2.23. The first-order valence-corrected chi connectivity index (χ1v) is 10.1. The molecule has 0 aliphatic rings. The van der Waals surface area contributed by atoms with Crippen LogP contribution in [0, 0.1) is 19.8 Å². The van der Waals surface area contributed by atoms with Gasteiger partial charge in [0.25, 0.3) is 0 Å². The highest BCUT2D eigenvalue weighted by atomic mass is 16.5. The number of hydrogen-bond donors (Lipinski definition) is 0. The Morgan fingerprint density at radius 1 is 1.08 bits per heavy atom. The van der Waals surface area contributed by atoms with Crippen LogP contribution in [0.4, 0.5) is 0 Å². The molecule has 3 nitrogen and oxygen atoms in total. The van der Waals surface area contributed by atoms with Crippen molar-refractivity contribution in [1.82, 2.24) is 0 Å². The SMILES string of the molecule is CCCO[C@@H](C)C(=O)CCCC(CCC)CC(=O)c1ccc(C)cc1C. The van der Waals surface area contributed by atoms with Gasteiger partial charge in [0.1, 0.15) is 6.10 Å². The lowest BCUT2D eigenvalue weighted by Crippen LogP contribution is -2.21. The highest BCUT2D eigenvalue weighted by molar-refractivity contribution is 5.97. The minimum absolute atomic E-state index is 0.175. The Bertz CT molecular complexity index is 577. The summed E-state index contributed by atoms with van der Waals surface area (Å²) in [6, 6.07) is 6.02. The van der Waals surface area contributed by atoms with E-state index in [0.29, 0.717) is 25.4 Å². The standard InChI is InChI=1S/C23H36O3/c1-6-9-20(10-8-11-22(24)19(5)26-14-7-2)16-23(25)21-13-12-17(3)15-18(21)4/h12-13,15,19-20H,6-11,14,16H2,1-5H3/t19-,20?/m0/s1. The third-order valence-corrected chi connectivity index (χ3v) is 4.91. The average Bonchev–Trinajstić information content (AvgIpc) is 2.59. The lowest BCUT2D eigenvalue weighted by atomic mass is 9.88. The van der Waals surface area contributed by atoms with Crippen molar-refractivity contribution in [2.45, 2.75) is 85.7 Å². The van der Waals surface area contributed by atoms with E-state index in [1.807, 2.05) is 39.8 Å². The Labute approximate surface area is 159 Å². The molecular formula is C23H36O3. The maximum Gasteiger partial charge on any atom is 0.163 e. The quantitative estimate of drug-likeness (QED) is 0.415. The van der Waals surface area contributed by atoms with E-state index in [1.54, 1.807) is 0 Å². The maximum absolute atomic E-state index is 12.7. The van der Waals surface area contributed by atoms with Crippen molar-refractivity contribution < 1.29 is 14.3 Å². The molecular weight excluding hydrogens is 324 g/mol. The summed E-state index contributed by atoms with van der Waals surface area (Å²) in [5.41, 5.74) is 3.08. The third kappa shape index (κ3) is 7.82. The number of aryl methyl sites for hydroxylation is 2. The van der Waals surface area contributed by atoms with Crippen LogP contribution in [0.15, 0.2) is 18.2 Å². The summed E-state index contributed by atoms with van der Waals surface area (Å²) < 4.78 is 5.50. The van der Waals surface area contributed by atoms with Crippen LogP contribution in [-0.4, -0.2) is 24.3 Å². The molecule has 1 rings (SSSR count). The van der Waals surface area contributed by atoms with Crippen molar-refractivity contribution >= 4 is 11.6 Å². The van der Waals surface area contributed by atoms with Gasteiger partial charge >= 0.3 is 0 Å². The number of rotatable bonds is 13. The van der Waals surface area contributed by atoms with Crippen LogP contribution in [0.2, 0.25) is 0 Å². The molecule has 0 N–H and O–H groups in total. The topological polar surface area (TPSA) is 43.4 Å². The summed E-state index contributed by atoms with van der Waals surface area (Å²) in [6.45, 7) is 10.7. The van der Waals surface area contributed by atoms with Gasteiger partial charge in [-0.3, -0.25) is 9.59 Å². The fourth-order valence-corrected chi connectivity index (χ4v) is 3.41. The van der Waals surface area contributed by atoms with Gasteiger partial charge < -0.3 is 4.74 Å². The molecule has 0 aromatic heterocycles. The number of ether oxygens (including phenoxy) is 1. The second-order valence-corrected chi connectivity index (χ2v) is 7.47. The molecule has 1 unspecified atom stereocenters. The summed E-state index contributed by atoms with van der Waals surface area (Å²) in [4.78, 5) is 24.8. The minimum atomic E-state index is -0.309. The molecule has 2 atom stereocenters.